The van der Waals surface area contributed by atoms with Gasteiger partial charge in [-0.1, -0.05) is 116 Å². The predicted octanol–water partition coefficient (Wildman–Crippen LogP) is 7.92. The predicted molar refractivity (Wildman–Crippen MR) is 135 cm³/mol. The molecule has 2 aromatic rings. The number of halogens is 1. The van der Waals surface area contributed by atoms with Crippen LogP contribution in [-0.2, 0) is 2.69 Å². The molecule has 1 aliphatic rings. The first-order valence-electron chi connectivity index (χ1n) is 9.58. The summed E-state index contributed by atoms with van der Waals surface area (Å²) in [6.07, 6.45) is 3.37. The largest absolute Gasteiger partial charge is 0.317 e. The van der Waals surface area contributed by atoms with E-state index in [1.165, 1.54) is 6.42 Å². The van der Waals surface area contributed by atoms with Crippen LogP contribution in [0, 0.1) is 0 Å². The van der Waals surface area contributed by atoms with Gasteiger partial charge in [-0.25, -0.2) is 0 Å². The van der Waals surface area contributed by atoms with Gasteiger partial charge in [0.15, 0.2) is 0 Å². The van der Waals surface area contributed by atoms with Gasteiger partial charge in [-0.05, 0) is 28.3 Å². The molecule has 0 radical (unpaired) electrons. The van der Waals surface area contributed by atoms with E-state index < -0.39 is 5.37 Å². The molecule has 0 spiro atoms. The molecule has 0 saturated carbocycles. The summed E-state index contributed by atoms with van der Waals surface area (Å²) in [5.41, 5.74) is 3.34. The van der Waals surface area contributed by atoms with Crippen molar-refractivity contribution in [1.82, 2.24) is 4.90 Å². The third kappa shape index (κ3) is 11.9. The molecule has 166 valence electrons. The van der Waals surface area contributed by atoms with Gasteiger partial charge in [0.05, 0.1) is 6.04 Å². The normalized spacial score (nSPS) is 13.3. The Balaban J connectivity index is -0.000000644. The Hall–Kier alpha value is -1.18. The minimum absolute atomic E-state index is 0. The van der Waals surface area contributed by atoms with Gasteiger partial charge < -0.3 is 4.90 Å². The molecule has 30 heavy (non-hydrogen) atoms. The van der Waals surface area contributed by atoms with E-state index in [-0.39, 0.29) is 20.9 Å². The van der Waals surface area contributed by atoms with Crippen molar-refractivity contribution >= 4 is 48.8 Å². The van der Waals surface area contributed by atoms with Crippen molar-refractivity contribution in [3.05, 3.63) is 77.9 Å². The molecular formula is C25H39ClNO2Tl. The summed E-state index contributed by atoms with van der Waals surface area (Å²) in [6, 6.07) is 19.9. The molecule has 1 aliphatic heterocycles. The van der Waals surface area contributed by atoms with Crippen LogP contribution in [0.4, 0.5) is 4.79 Å². The van der Waals surface area contributed by atoms with E-state index in [4.69, 9.17) is 11.6 Å². The minimum Gasteiger partial charge on any atom is -0.314 e. The molecule has 0 unspecified atom stereocenters. The van der Waals surface area contributed by atoms with Crippen LogP contribution >= 0.6 is 11.6 Å². The fourth-order valence-corrected chi connectivity index (χ4v) is 2.72. The van der Waals surface area contributed by atoms with Crippen molar-refractivity contribution < 1.29 is 7.48 Å². The van der Waals surface area contributed by atoms with E-state index >= 15 is 0 Å². The van der Waals surface area contributed by atoms with Crippen LogP contribution in [0.1, 0.15) is 66.1 Å². The Bertz CT molecular complexity index is 676. The number of benzene rings is 2. The zero-order valence-corrected chi connectivity index (χ0v) is 22.8. The van der Waals surface area contributed by atoms with Crippen LogP contribution in [0.2, 0.25) is 0 Å². The molecule has 1 atom stereocenters. The molecule has 3 nitrogen and oxygen atoms in total. The molecule has 0 bridgehead atoms. The van der Waals surface area contributed by atoms with Crippen molar-refractivity contribution in [2.24, 2.45) is 0 Å². The second-order valence-electron chi connectivity index (χ2n) is 5.74. The zero-order valence-electron chi connectivity index (χ0n) is 17.6. The summed E-state index contributed by atoms with van der Waals surface area (Å²) >= 11 is 6.45. The summed E-state index contributed by atoms with van der Waals surface area (Å²) < 4.78 is 4.42. The van der Waals surface area contributed by atoms with Gasteiger partial charge in [-0.2, -0.15) is 0 Å². The number of nitrogens with zero attached hydrogens (tertiary/aromatic N) is 1. The van der Waals surface area contributed by atoms with E-state index in [2.05, 4.69) is 34.7 Å². The Labute approximate surface area is 206 Å². The molecule has 0 saturated heterocycles. The number of rotatable bonds is 2. The monoisotopic (exact) mass is 625 g/mol. The van der Waals surface area contributed by atoms with Crippen LogP contribution in [-0.4, -0.2) is 50.1 Å². The van der Waals surface area contributed by atoms with Gasteiger partial charge in [0.1, 0.15) is 0 Å². The smallest absolute Gasteiger partial charge is 0.314 e. The molecule has 0 fully saturated rings. The third-order valence-corrected chi connectivity index (χ3v) is 3.76. The first kappa shape index (κ1) is 33.5. The minimum atomic E-state index is -0.416. The Morgan fingerprint density at radius 3 is 1.83 bits per heavy atom. The van der Waals surface area contributed by atoms with Crippen LogP contribution < -0.4 is 0 Å². The van der Waals surface area contributed by atoms with Gasteiger partial charge in [-0.3, -0.25) is 4.79 Å². The molecule has 1 amide bonds. The molecular weight excluding hydrogens is 586 g/mol. The summed E-state index contributed by atoms with van der Waals surface area (Å²) in [5, 5.41) is -0.416. The molecule has 0 N–H and O–H groups in total. The number of hydrogen-bond acceptors (Lipinski definition) is 2. The van der Waals surface area contributed by atoms with Crippen molar-refractivity contribution in [1.29, 1.82) is 0 Å². The topological polar surface area (TPSA) is 29.5 Å². The average Bonchev–Trinajstić information content (AvgIpc) is 3.18. The maximum absolute atomic E-state index is 11.7. The Kier molecular flexibility index (Phi) is 23.5. The van der Waals surface area contributed by atoms with E-state index in [0.29, 0.717) is 6.54 Å². The second-order valence-corrected chi connectivity index (χ2v) is 7.89. The molecule has 0 aromatic heterocycles. The summed E-state index contributed by atoms with van der Waals surface area (Å²) in [4.78, 5) is 13.3. The van der Waals surface area contributed by atoms with Gasteiger partial charge in [0, 0.05) is 6.54 Å². The molecule has 3 rings (SSSR count). The Morgan fingerprint density at radius 1 is 1.03 bits per heavy atom. The average molecular weight is 625 g/mol. The fourth-order valence-electron chi connectivity index (χ4n) is 2.55. The van der Waals surface area contributed by atoms with Crippen molar-refractivity contribution in [2.75, 3.05) is 13.7 Å². The summed E-state index contributed by atoms with van der Waals surface area (Å²) in [5.74, 6) is 0. The van der Waals surface area contributed by atoms with Gasteiger partial charge in [-0.15, -0.1) is 0 Å². The van der Waals surface area contributed by atoms with Crippen LogP contribution in [0.5, 0.6) is 0 Å². The quantitative estimate of drug-likeness (QED) is 0.193. The first-order valence-corrected chi connectivity index (χ1v) is 11.8. The van der Waals surface area contributed by atoms with Crippen molar-refractivity contribution in [3.63, 3.8) is 0 Å². The van der Waals surface area contributed by atoms with Gasteiger partial charge in [0.25, 0.3) is 0 Å². The van der Waals surface area contributed by atoms with E-state index in [0.717, 1.165) is 42.9 Å². The maximum Gasteiger partial charge on any atom is 0.317 e. The standard InChI is InChI=1S/C17H14ClNO.C3H8.C2H6.CH3O.2CH4.Tl/c18-17(20)19-12-15(13-7-3-1-4-8-13)11-16(19)14-9-5-2-6-10-14;1-3-2;2*1-2;;;/h1-11,16H,12H2;3H2,1-2H3;1-2H3;1H3;2*1H4;/q;;;-1;;;+1/t16-;;;;;;/m0....../s1. The SMILES string of the molecule is C.C.CC.CCC.C[O][Tl].O=C(Cl)N1CC(c2ccccc2)=C[C@H]1c1ccccc1. The number of amides is 1. The number of carbonyl (C=O) groups excluding carboxylic acids is 1. The van der Waals surface area contributed by atoms with Crippen LogP contribution in [0.3, 0.4) is 0 Å². The van der Waals surface area contributed by atoms with Crippen molar-refractivity contribution in [2.45, 2.75) is 55.0 Å². The Morgan fingerprint density at radius 2 is 1.43 bits per heavy atom. The van der Waals surface area contributed by atoms with E-state index in [9.17, 15) is 4.79 Å². The fraction of sp³-hybridized carbons (Fsp3) is 0.400. The van der Waals surface area contributed by atoms with Gasteiger partial charge >= 0.3 is 41.4 Å². The first-order chi connectivity index (χ1) is 13.6. The van der Waals surface area contributed by atoms with E-state index in [1.807, 2.05) is 62.4 Å². The summed E-state index contributed by atoms with van der Waals surface area (Å²) in [6.45, 7) is 8.80. The second kappa shape index (κ2) is 21.1. The maximum atomic E-state index is 11.7. The molecule has 5 heteroatoms. The van der Waals surface area contributed by atoms with E-state index in [1.54, 1.807) is 12.0 Å². The van der Waals surface area contributed by atoms with Gasteiger partial charge in [0.2, 0.25) is 0 Å². The van der Waals surface area contributed by atoms with Crippen LogP contribution in [0.25, 0.3) is 5.57 Å². The number of carbonyl (C=O) groups is 1. The molecule has 0 aliphatic carbocycles. The summed E-state index contributed by atoms with van der Waals surface area (Å²) in [7, 11) is 1.70. The number of hydrogen-bond donors (Lipinski definition) is 0. The molecule has 2 aromatic carbocycles. The zero-order chi connectivity index (χ0) is 21.4. The van der Waals surface area contributed by atoms with Crippen LogP contribution in [0.15, 0.2) is 66.7 Å². The third-order valence-electron chi connectivity index (χ3n) is 3.55. The van der Waals surface area contributed by atoms with Crippen molar-refractivity contribution in [3.8, 4) is 0 Å². The molecule has 1 heterocycles.